The Morgan fingerprint density at radius 3 is 2.75 bits per heavy atom. The second-order valence-corrected chi connectivity index (χ2v) is 7.28. The van der Waals surface area contributed by atoms with Gasteiger partial charge in [-0.2, -0.15) is 0 Å². The summed E-state index contributed by atoms with van der Waals surface area (Å²) >= 11 is 0. The highest BCUT2D eigenvalue weighted by atomic mass is 32.2. The van der Waals surface area contributed by atoms with Crippen LogP contribution >= 0.6 is 0 Å². The Bertz CT molecular complexity index is 218. The van der Waals surface area contributed by atoms with Gasteiger partial charge in [-0.3, -0.25) is 4.21 Å². The van der Waals surface area contributed by atoms with Crippen LogP contribution in [0.1, 0.15) is 52.9 Å². The van der Waals surface area contributed by atoms with Gasteiger partial charge < -0.3 is 5.32 Å². The van der Waals surface area contributed by atoms with Gasteiger partial charge in [0.25, 0.3) is 0 Å². The molecule has 2 nitrogen and oxygen atoms in total. The second kappa shape index (κ2) is 7.44. The molecule has 0 spiro atoms. The minimum atomic E-state index is -0.582. The van der Waals surface area contributed by atoms with Gasteiger partial charge in [0, 0.05) is 27.8 Å². The predicted molar refractivity (Wildman–Crippen MR) is 72.2 cm³/mol. The zero-order chi connectivity index (χ0) is 12.0. The Morgan fingerprint density at radius 1 is 1.38 bits per heavy atom. The Hall–Kier alpha value is 0.110. The molecule has 0 bridgehead atoms. The van der Waals surface area contributed by atoms with Crippen molar-refractivity contribution in [3.63, 3.8) is 0 Å². The molecule has 3 heteroatoms. The first-order chi connectivity index (χ1) is 7.59. The summed E-state index contributed by atoms with van der Waals surface area (Å²) in [7, 11) is -0.582. The maximum Gasteiger partial charge on any atom is 0.0350 e. The summed E-state index contributed by atoms with van der Waals surface area (Å²) in [6.45, 7) is 7.61. The maximum atomic E-state index is 12.1. The molecule has 96 valence electrons. The van der Waals surface area contributed by atoms with Crippen LogP contribution in [0.25, 0.3) is 0 Å². The summed E-state index contributed by atoms with van der Waals surface area (Å²) < 4.78 is 12.1. The largest absolute Gasteiger partial charge is 0.315 e. The van der Waals surface area contributed by atoms with E-state index in [1.165, 1.54) is 25.7 Å². The van der Waals surface area contributed by atoms with Crippen LogP contribution in [0.3, 0.4) is 0 Å². The summed E-state index contributed by atoms with van der Waals surface area (Å²) in [5.41, 5.74) is 0. The van der Waals surface area contributed by atoms with Gasteiger partial charge in [-0.05, 0) is 31.7 Å². The van der Waals surface area contributed by atoms with Crippen molar-refractivity contribution >= 4 is 10.8 Å². The van der Waals surface area contributed by atoms with Gasteiger partial charge in [-0.15, -0.1) is 0 Å². The van der Waals surface area contributed by atoms with Gasteiger partial charge in [0.15, 0.2) is 0 Å². The van der Waals surface area contributed by atoms with Crippen molar-refractivity contribution in [2.45, 2.75) is 64.2 Å². The molecule has 3 atom stereocenters. The summed E-state index contributed by atoms with van der Waals surface area (Å²) in [6.07, 6.45) is 6.04. The third kappa shape index (κ3) is 5.44. The molecular weight excluding hydrogens is 218 g/mol. The van der Waals surface area contributed by atoms with E-state index in [4.69, 9.17) is 0 Å². The molecule has 3 unspecified atom stereocenters. The first-order valence-corrected chi connectivity index (χ1v) is 8.08. The Morgan fingerprint density at radius 2 is 2.12 bits per heavy atom. The van der Waals surface area contributed by atoms with Gasteiger partial charge in [0.2, 0.25) is 0 Å². The molecule has 1 fully saturated rings. The lowest BCUT2D eigenvalue weighted by Crippen LogP contribution is -2.28. The minimum Gasteiger partial charge on any atom is -0.315 e. The first-order valence-electron chi connectivity index (χ1n) is 6.70. The van der Waals surface area contributed by atoms with Crippen molar-refractivity contribution in [3.05, 3.63) is 0 Å². The van der Waals surface area contributed by atoms with Crippen molar-refractivity contribution in [2.24, 2.45) is 5.92 Å². The third-order valence-corrected chi connectivity index (χ3v) is 5.20. The van der Waals surface area contributed by atoms with Crippen LogP contribution in [0.4, 0.5) is 0 Å². The fourth-order valence-corrected chi connectivity index (χ4v) is 4.12. The van der Waals surface area contributed by atoms with E-state index in [2.05, 4.69) is 26.1 Å². The van der Waals surface area contributed by atoms with E-state index in [0.717, 1.165) is 24.6 Å². The van der Waals surface area contributed by atoms with Gasteiger partial charge >= 0.3 is 0 Å². The molecule has 0 amide bonds. The van der Waals surface area contributed by atoms with Crippen molar-refractivity contribution in [3.8, 4) is 0 Å². The minimum absolute atomic E-state index is 0.489. The van der Waals surface area contributed by atoms with Crippen LogP contribution in [0.2, 0.25) is 0 Å². The average molecular weight is 245 g/mol. The first kappa shape index (κ1) is 14.2. The van der Waals surface area contributed by atoms with Crippen molar-refractivity contribution in [1.29, 1.82) is 0 Å². The topological polar surface area (TPSA) is 29.1 Å². The standard InChI is InChI=1S/C13H27NOS/c1-11(2)14-8-5-9-16(15)13-7-4-6-12(3)10-13/h11-14H,4-10H2,1-3H3. The number of hydrogen-bond donors (Lipinski definition) is 1. The second-order valence-electron chi connectivity index (χ2n) is 5.44. The van der Waals surface area contributed by atoms with Crippen molar-refractivity contribution in [1.82, 2.24) is 5.32 Å². The smallest absolute Gasteiger partial charge is 0.0350 e. The molecule has 0 aromatic rings. The molecule has 0 saturated heterocycles. The molecule has 1 saturated carbocycles. The lowest BCUT2D eigenvalue weighted by molar-refractivity contribution is 0.389. The molecule has 16 heavy (non-hydrogen) atoms. The molecule has 0 radical (unpaired) electrons. The summed E-state index contributed by atoms with van der Waals surface area (Å²) in [6, 6.07) is 0.545. The van der Waals surface area contributed by atoms with E-state index in [0.29, 0.717) is 11.3 Å². The number of nitrogens with one attached hydrogen (secondary N) is 1. The third-order valence-electron chi connectivity index (χ3n) is 3.33. The predicted octanol–water partition coefficient (Wildman–Crippen LogP) is 2.70. The zero-order valence-corrected chi connectivity index (χ0v) is 11.8. The molecule has 0 aliphatic heterocycles. The monoisotopic (exact) mass is 245 g/mol. The average Bonchev–Trinajstić information content (AvgIpc) is 2.24. The molecule has 1 aliphatic rings. The van der Waals surface area contributed by atoms with E-state index in [1.54, 1.807) is 0 Å². The molecule has 1 N–H and O–H groups in total. The summed E-state index contributed by atoms with van der Waals surface area (Å²) in [5.74, 6) is 1.67. The lowest BCUT2D eigenvalue weighted by atomic mass is 9.91. The fourth-order valence-electron chi connectivity index (χ4n) is 2.39. The van der Waals surface area contributed by atoms with E-state index in [-0.39, 0.29) is 0 Å². The van der Waals surface area contributed by atoms with Gasteiger partial charge in [-0.25, -0.2) is 0 Å². The van der Waals surface area contributed by atoms with Crippen LogP contribution in [0.5, 0.6) is 0 Å². The highest BCUT2D eigenvalue weighted by Gasteiger charge is 2.23. The Labute approximate surface area is 103 Å². The SMILES string of the molecule is CC1CCCC(S(=O)CCCNC(C)C)C1. The van der Waals surface area contributed by atoms with Crippen molar-refractivity contribution in [2.75, 3.05) is 12.3 Å². The van der Waals surface area contributed by atoms with Crippen LogP contribution in [0, 0.1) is 5.92 Å². The Kier molecular flexibility index (Phi) is 6.59. The summed E-state index contributed by atoms with van der Waals surface area (Å²) in [5, 5.41) is 3.87. The summed E-state index contributed by atoms with van der Waals surface area (Å²) in [4.78, 5) is 0. The van der Waals surface area contributed by atoms with Gasteiger partial charge in [0.05, 0.1) is 0 Å². The van der Waals surface area contributed by atoms with Crippen LogP contribution in [0.15, 0.2) is 0 Å². The fraction of sp³-hybridized carbons (Fsp3) is 1.00. The normalized spacial score (nSPS) is 28.2. The van der Waals surface area contributed by atoms with E-state index in [9.17, 15) is 4.21 Å². The molecule has 0 aromatic carbocycles. The maximum absolute atomic E-state index is 12.1. The van der Waals surface area contributed by atoms with Crippen LogP contribution in [-0.2, 0) is 10.8 Å². The highest BCUT2D eigenvalue weighted by molar-refractivity contribution is 7.85. The highest BCUT2D eigenvalue weighted by Crippen LogP contribution is 2.27. The molecule has 0 heterocycles. The van der Waals surface area contributed by atoms with Gasteiger partial charge in [-0.1, -0.05) is 33.6 Å². The van der Waals surface area contributed by atoms with Gasteiger partial charge in [0.1, 0.15) is 0 Å². The quantitative estimate of drug-likeness (QED) is 0.729. The van der Waals surface area contributed by atoms with Crippen molar-refractivity contribution < 1.29 is 4.21 Å². The van der Waals surface area contributed by atoms with Crippen LogP contribution in [-0.4, -0.2) is 27.8 Å². The lowest BCUT2D eigenvalue weighted by Gasteiger charge is -2.26. The molecule has 0 aromatic heterocycles. The van der Waals surface area contributed by atoms with E-state index < -0.39 is 10.8 Å². The molecular formula is C13H27NOS. The Balaban J connectivity index is 2.14. The molecule has 1 rings (SSSR count). The molecule has 1 aliphatic carbocycles. The number of rotatable bonds is 6. The zero-order valence-electron chi connectivity index (χ0n) is 11.0. The number of hydrogen-bond acceptors (Lipinski definition) is 2. The van der Waals surface area contributed by atoms with E-state index in [1.807, 2.05) is 0 Å². The van der Waals surface area contributed by atoms with E-state index >= 15 is 0 Å². The van der Waals surface area contributed by atoms with Crippen LogP contribution < -0.4 is 5.32 Å².